The molecular weight excluding hydrogens is 192 g/mol. The third-order valence-electron chi connectivity index (χ3n) is 2.15. The molecule has 1 rings (SSSR count). The van der Waals surface area contributed by atoms with Gasteiger partial charge in [0.2, 0.25) is 0 Å². The van der Waals surface area contributed by atoms with Gasteiger partial charge in [0, 0.05) is 18.8 Å². The molecule has 2 N–H and O–H groups in total. The van der Waals surface area contributed by atoms with Gasteiger partial charge in [-0.05, 0) is 6.42 Å². The average molecular weight is 212 g/mol. The lowest BCUT2D eigenvalue weighted by molar-refractivity contribution is 0.144. The van der Waals surface area contributed by atoms with E-state index in [1.807, 2.05) is 13.1 Å². The number of hydrogen-bond donors (Lipinski definition) is 2. The topological polar surface area (TPSA) is 63.0 Å². The molecular formula is C10H20N4O. The zero-order valence-electron chi connectivity index (χ0n) is 9.64. The smallest absolute Gasteiger partial charge is 0.0964 e. The number of hydrogen-bond acceptors (Lipinski definition) is 4. The molecule has 0 saturated carbocycles. The molecule has 1 atom stereocenters. The maximum atomic E-state index is 9.43. The SMILES string of the molecule is CCC(O)Cn1cc(CNC(C)C)nn1. The van der Waals surface area contributed by atoms with Crippen molar-refractivity contribution in [2.45, 2.75) is 52.4 Å². The highest BCUT2D eigenvalue weighted by atomic mass is 16.3. The Morgan fingerprint density at radius 3 is 2.87 bits per heavy atom. The second kappa shape index (κ2) is 5.82. The molecule has 1 aromatic rings. The first-order chi connectivity index (χ1) is 7.11. The highest BCUT2D eigenvalue weighted by Crippen LogP contribution is 1.98. The number of nitrogens with zero attached hydrogens (tertiary/aromatic N) is 3. The Morgan fingerprint density at radius 1 is 1.53 bits per heavy atom. The standard InChI is InChI=1S/C10H20N4O/c1-4-10(15)7-14-6-9(12-13-14)5-11-8(2)3/h6,8,10-11,15H,4-5,7H2,1-3H3. The first-order valence-electron chi connectivity index (χ1n) is 5.42. The van der Waals surface area contributed by atoms with E-state index < -0.39 is 0 Å². The lowest BCUT2D eigenvalue weighted by Gasteiger charge is -2.06. The van der Waals surface area contributed by atoms with Crippen molar-refractivity contribution in [2.24, 2.45) is 0 Å². The van der Waals surface area contributed by atoms with Gasteiger partial charge in [-0.25, -0.2) is 4.68 Å². The first-order valence-corrected chi connectivity index (χ1v) is 5.42. The van der Waals surface area contributed by atoms with Gasteiger partial charge in [0.05, 0.1) is 18.3 Å². The van der Waals surface area contributed by atoms with Crippen LogP contribution in [0.2, 0.25) is 0 Å². The molecule has 0 spiro atoms. The minimum atomic E-state index is -0.336. The summed E-state index contributed by atoms with van der Waals surface area (Å²) in [6, 6.07) is 0.441. The molecule has 86 valence electrons. The number of rotatable bonds is 6. The molecule has 0 radical (unpaired) electrons. The average Bonchev–Trinajstić information content (AvgIpc) is 2.62. The molecule has 0 saturated heterocycles. The van der Waals surface area contributed by atoms with Crippen molar-refractivity contribution < 1.29 is 5.11 Å². The number of nitrogens with one attached hydrogen (secondary N) is 1. The molecule has 0 aliphatic rings. The summed E-state index contributed by atoms with van der Waals surface area (Å²) < 4.78 is 1.69. The van der Waals surface area contributed by atoms with Crippen molar-refractivity contribution in [2.75, 3.05) is 0 Å². The van der Waals surface area contributed by atoms with Gasteiger partial charge in [0.1, 0.15) is 0 Å². The van der Waals surface area contributed by atoms with Crippen LogP contribution in [0.3, 0.4) is 0 Å². The Bertz CT molecular complexity index is 285. The Kier molecular flexibility index (Phi) is 4.71. The molecule has 1 unspecified atom stereocenters. The molecule has 0 fully saturated rings. The van der Waals surface area contributed by atoms with E-state index in [9.17, 15) is 5.11 Å². The van der Waals surface area contributed by atoms with E-state index in [2.05, 4.69) is 29.5 Å². The number of aromatic nitrogens is 3. The summed E-state index contributed by atoms with van der Waals surface area (Å²) in [6.45, 7) is 7.37. The van der Waals surface area contributed by atoms with Gasteiger partial charge in [0.25, 0.3) is 0 Å². The van der Waals surface area contributed by atoms with Gasteiger partial charge in [0.15, 0.2) is 0 Å². The fourth-order valence-electron chi connectivity index (χ4n) is 1.16. The zero-order valence-corrected chi connectivity index (χ0v) is 9.64. The van der Waals surface area contributed by atoms with Crippen LogP contribution >= 0.6 is 0 Å². The number of aliphatic hydroxyl groups excluding tert-OH is 1. The fourth-order valence-corrected chi connectivity index (χ4v) is 1.16. The summed E-state index contributed by atoms with van der Waals surface area (Å²) in [5, 5.41) is 20.7. The van der Waals surface area contributed by atoms with Crippen molar-refractivity contribution in [1.82, 2.24) is 20.3 Å². The Hall–Kier alpha value is -0.940. The van der Waals surface area contributed by atoms with Gasteiger partial charge in [-0.3, -0.25) is 0 Å². The van der Waals surface area contributed by atoms with Gasteiger partial charge in [-0.2, -0.15) is 0 Å². The molecule has 5 nitrogen and oxygen atoms in total. The van der Waals surface area contributed by atoms with Crippen molar-refractivity contribution in [3.05, 3.63) is 11.9 Å². The molecule has 0 amide bonds. The van der Waals surface area contributed by atoms with E-state index in [-0.39, 0.29) is 6.10 Å². The van der Waals surface area contributed by atoms with Crippen LogP contribution in [0.1, 0.15) is 32.9 Å². The predicted octanol–water partition coefficient (Wildman–Crippen LogP) is 0.547. The highest BCUT2D eigenvalue weighted by molar-refractivity contribution is 4.91. The minimum Gasteiger partial charge on any atom is -0.391 e. The Morgan fingerprint density at radius 2 is 2.27 bits per heavy atom. The van der Waals surface area contributed by atoms with E-state index in [0.29, 0.717) is 12.6 Å². The Balaban J connectivity index is 2.42. The lowest BCUT2D eigenvalue weighted by atomic mass is 10.3. The molecule has 1 heterocycles. The van der Waals surface area contributed by atoms with E-state index in [1.165, 1.54) is 0 Å². The maximum Gasteiger partial charge on any atom is 0.0964 e. The van der Waals surface area contributed by atoms with Crippen molar-refractivity contribution >= 4 is 0 Å². The summed E-state index contributed by atoms with van der Waals surface area (Å²) in [5.74, 6) is 0. The first kappa shape index (κ1) is 12.1. The lowest BCUT2D eigenvalue weighted by Crippen LogP contribution is -2.22. The van der Waals surface area contributed by atoms with E-state index in [4.69, 9.17) is 0 Å². The summed E-state index contributed by atoms with van der Waals surface area (Å²) in [5.41, 5.74) is 0.909. The van der Waals surface area contributed by atoms with Crippen LogP contribution in [-0.4, -0.2) is 32.2 Å². The van der Waals surface area contributed by atoms with E-state index in [0.717, 1.165) is 18.7 Å². The summed E-state index contributed by atoms with van der Waals surface area (Å²) >= 11 is 0. The van der Waals surface area contributed by atoms with Crippen molar-refractivity contribution in [3.8, 4) is 0 Å². The van der Waals surface area contributed by atoms with Crippen LogP contribution in [-0.2, 0) is 13.1 Å². The van der Waals surface area contributed by atoms with Gasteiger partial charge >= 0.3 is 0 Å². The third kappa shape index (κ3) is 4.40. The zero-order chi connectivity index (χ0) is 11.3. The van der Waals surface area contributed by atoms with Crippen LogP contribution in [0.25, 0.3) is 0 Å². The Labute approximate surface area is 90.5 Å². The monoisotopic (exact) mass is 212 g/mol. The van der Waals surface area contributed by atoms with Crippen LogP contribution in [0.4, 0.5) is 0 Å². The third-order valence-corrected chi connectivity index (χ3v) is 2.15. The van der Waals surface area contributed by atoms with E-state index in [1.54, 1.807) is 4.68 Å². The van der Waals surface area contributed by atoms with Crippen LogP contribution in [0.15, 0.2) is 6.20 Å². The molecule has 0 aliphatic heterocycles. The maximum absolute atomic E-state index is 9.43. The molecule has 15 heavy (non-hydrogen) atoms. The van der Waals surface area contributed by atoms with Gasteiger partial charge in [-0.15, -0.1) is 5.10 Å². The van der Waals surface area contributed by atoms with Crippen LogP contribution in [0, 0.1) is 0 Å². The van der Waals surface area contributed by atoms with Gasteiger partial charge in [-0.1, -0.05) is 26.0 Å². The van der Waals surface area contributed by atoms with Crippen LogP contribution < -0.4 is 5.32 Å². The second-order valence-corrected chi connectivity index (χ2v) is 4.03. The fraction of sp³-hybridized carbons (Fsp3) is 0.800. The summed E-state index contributed by atoms with van der Waals surface area (Å²) in [6.07, 6.45) is 2.27. The highest BCUT2D eigenvalue weighted by Gasteiger charge is 2.05. The normalized spacial score (nSPS) is 13.4. The molecule has 0 aliphatic carbocycles. The molecule has 5 heteroatoms. The minimum absolute atomic E-state index is 0.336. The molecule has 0 aromatic carbocycles. The largest absolute Gasteiger partial charge is 0.391 e. The van der Waals surface area contributed by atoms with Crippen molar-refractivity contribution in [1.29, 1.82) is 0 Å². The molecule has 0 bridgehead atoms. The van der Waals surface area contributed by atoms with E-state index >= 15 is 0 Å². The quantitative estimate of drug-likeness (QED) is 0.722. The predicted molar refractivity (Wildman–Crippen MR) is 58.3 cm³/mol. The number of aliphatic hydroxyl groups is 1. The summed E-state index contributed by atoms with van der Waals surface area (Å²) in [7, 11) is 0. The van der Waals surface area contributed by atoms with Crippen molar-refractivity contribution in [3.63, 3.8) is 0 Å². The van der Waals surface area contributed by atoms with Gasteiger partial charge < -0.3 is 10.4 Å². The summed E-state index contributed by atoms with van der Waals surface area (Å²) in [4.78, 5) is 0. The molecule has 1 aromatic heterocycles. The van der Waals surface area contributed by atoms with Crippen LogP contribution in [0.5, 0.6) is 0 Å². The second-order valence-electron chi connectivity index (χ2n) is 4.03.